The number of rotatable bonds is 2. The number of carboxylic acid groups (broad SMARTS) is 1. The number of aliphatic carboxylic acids is 1. The van der Waals surface area contributed by atoms with Crippen molar-refractivity contribution >= 4 is 39.3 Å². The van der Waals surface area contributed by atoms with Gasteiger partial charge in [0.25, 0.3) is 0 Å². The molecule has 0 saturated carbocycles. The van der Waals surface area contributed by atoms with Gasteiger partial charge in [-0.25, -0.2) is 4.79 Å². The second-order valence-electron chi connectivity index (χ2n) is 5.92. The van der Waals surface area contributed by atoms with Gasteiger partial charge in [-0.05, 0) is 21.8 Å². The zero-order valence-corrected chi connectivity index (χ0v) is 14.4. The van der Waals surface area contributed by atoms with Gasteiger partial charge in [-0.2, -0.15) is 5.10 Å². The average Bonchev–Trinajstić information content (AvgIpc) is 2.72. The Bertz CT molecular complexity index is 698. The van der Waals surface area contributed by atoms with Crippen LogP contribution in [0.25, 0.3) is 0 Å². The highest BCUT2D eigenvalue weighted by atomic mass is 79.9. The number of halogens is 2. The Kier molecular flexibility index (Phi) is 3.81. The molecule has 0 aliphatic carbocycles. The molecule has 3 rings (SSSR count). The fraction of sp³-hybridized carbons (Fsp3) is 0.500. The number of Topliss-reactive ketones (excluding diaryl/α,β-unsaturated/α-hetero) is 1. The van der Waals surface area contributed by atoms with E-state index in [4.69, 9.17) is 11.6 Å². The third kappa shape index (κ3) is 2.27. The highest BCUT2D eigenvalue weighted by Gasteiger charge is 2.42. The summed E-state index contributed by atoms with van der Waals surface area (Å²) in [5, 5.41) is 14.1. The molecule has 0 amide bonds. The first kappa shape index (κ1) is 15.6. The number of ketones is 1. The van der Waals surface area contributed by atoms with Crippen LogP contribution < -0.4 is 0 Å². The van der Waals surface area contributed by atoms with Gasteiger partial charge in [-0.15, -0.1) is 0 Å². The Balaban J connectivity index is 2.15. The quantitative estimate of drug-likeness (QED) is 0.788. The number of carbonyl (C=O) groups excluding carboxylic acids is 1. The summed E-state index contributed by atoms with van der Waals surface area (Å²) in [6, 6.07) is -0.217. The number of hydrogen-bond acceptors (Lipinski definition) is 4. The van der Waals surface area contributed by atoms with Crippen LogP contribution >= 0.6 is 27.5 Å². The van der Waals surface area contributed by atoms with E-state index >= 15 is 0 Å². The number of nitrogens with zero attached hydrogens (tertiary/aromatic N) is 3. The lowest BCUT2D eigenvalue weighted by molar-refractivity contribution is -0.135. The van der Waals surface area contributed by atoms with E-state index in [1.807, 2.05) is 9.58 Å². The van der Waals surface area contributed by atoms with Crippen LogP contribution in [-0.4, -0.2) is 37.6 Å². The number of fused-ring (bicyclic) bond motifs is 3. The highest BCUT2D eigenvalue weighted by Crippen LogP contribution is 2.43. The van der Waals surface area contributed by atoms with Gasteiger partial charge in [0.2, 0.25) is 0 Å². The van der Waals surface area contributed by atoms with Gasteiger partial charge in [0.1, 0.15) is 10.2 Å². The zero-order chi connectivity index (χ0) is 16.2. The molecule has 0 fully saturated rings. The Hall–Kier alpha value is -1.34. The summed E-state index contributed by atoms with van der Waals surface area (Å²) in [7, 11) is 0. The normalized spacial score (nSPS) is 24.1. The molecule has 3 heterocycles. The van der Waals surface area contributed by atoms with Gasteiger partial charge < -0.3 is 10.0 Å². The molecule has 6 nitrogen and oxygen atoms in total. The number of carbonyl (C=O) groups is 2. The van der Waals surface area contributed by atoms with Gasteiger partial charge >= 0.3 is 5.97 Å². The first-order valence-electron chi connectivity index (χ1n) is 6.98. The molecule has 0 spiro atoms. The molecule has 118 valence electrons. The number of carboxylic acids is 1. The number of aromatic nitrogens is 2. The van der Waals surface area contributed by atoms with Crippen LogP contribution in [0.4, 0.5) is 0 Å². The van der Waals surface area contributed by atoms with Gasteiger partial charge in [0, 0.05) is 12.6 Å². The van der Waals surface area contributed by atoms with Crippen LogP contribution in [0, 0.1) is 5.92 Å². The van der Waals surface area contributed by atoms with Crippen LogP contribution in [0.2, 0.25) is 5.02 Å². The van der Waals surface area contributed by atoms with E-state index in [0.29, 0.717) is 16.2 Å². The summed E-state index contributed by atoms with van der Waals surface area (Å²) in [5.41, 5.74) is 0.601. The highest BCUT2D eigenvalue weighted by molar-refractivity contribution is 9.10. The topological polar surface area (TPSA) is 75.4 Å². The molecule has 1 unspecified atom stereocenters. The molecular formula is C14H15BrClN3O3. The summed E-state index contributed by atoms with van der Waals surface area (Å²) in [6.45, 7) is 4.74. The minimum Gasteiger partial charge on any atom is -0.478 e. The molecular weight excluding hydrogens is 374 g/mol. The molecule has 0 aromatic carbocycles. The average molecular weight is 389 g/mol. The third-order valence-electron chi connectivity index (χ3n) is 4.27. The molecule has 1 aromatic heterocycles. The Morgan fingerprint density at radius 1 is 1.55 bits per heavy atom. The smallest absolute Gasteiger partial charge is 0.340 e. The maximum absolute atomic E-state index is 12.1. The zero-order valence-electron chi connectivity index (χ0n) is 12.1. The van der Waals surface area contributed by atoms with E-state index in [9.17, 15) is 14.7 Å². The van der Waals surface area contributed by atoms with E-state index < -0.39 is 5.97 Å². The van der Waals surface area contributed by atoms with Gasteiger partial charge in [0.05, 0.1) is 29.3 Å². The molecule has 8 heteroatoms. The lowest BCUT2D eigenvalue weighted by Crippen LogP contribution is -2.49. The largest absolute Gasteiger partial charge is 0.478 e. The molecule has 1 aromatic rings. The SMILES string of the molecule is CC(C)[C@@H]1Cn2nc(Br)c(Cl)c2C2CC(=O)C(C(=O)O)=CN21. The van der Waals surface area contributed by atoms with Crippen molar-refractivity contribution in [2.45, 2.75) is 38.9 Å². The molecule has 0 saturated heterocycles. The fourth-order valence-corrected chi connectivity index (χ4v) is 3.80. The third-order valence-corrected chi connectivity index (χ3v) is 5.42. The molecule has 22 heavy (non-hydrogen) atoms. The summed E-state index contributed by atoms with van der Waals surface area (Å²) < 4.78 is 2.37. The lowest BCUT2D eigenvalue weighted by Gasteiger charge is -2.45. The van der Waals surface area contributed by atoms with Crippen LogP contribution in [0.3, 0.4) is 0 Å². The number of hydrogen-bond donors (Lipinski definition) is 1. The Labute approximate surface area is 140 Å². The molecule has 2 aliphatic rings. The van der Waals surface area contributed by atoms with Crippen molar-refractivity contribution in [1.29, 1.82) is 0 Å². The van der Waals surface area contributed by atoms with Crippen LogP contribution in [-0.2, 0) is 16.1 Å². The summed E-state index contributed by atoms with van der Waals surface area (Å²) in [5.74, 6) is -1.28. The second-order valence-corrected chi connectivity index (χ2v) is 7.05. The van der Waals surface area contributed by atoms with Crippen molar-refractivity contribution in [3.63, 3.8) is 0 Å². The predicted octanol–water partition coefficient (Wildman–Crippen LogP) is 2.62. The van der Waals surface area contributed by atoms with Gasteiger partial charge in [-0.1, -0.05) is 25.4 Å². The van der Waals surface area contributed by atoms with Gasteiger partial charge in [0.15, 0.2) is 5.78 Å². The maximum atomic E-state index is 12.1. The van der Waals surface area contributed by atoms with Crippen LogP contribution in [0.15, 0.2) is 16.4 Å². The van der Waals surface area contributed by atoms with Gasteiger partial charge in [-0.3, -0.25) is 9.48 Å². The summed E-state index contributed by atoms with van der Waals surface area (Å²) in [4.78, 5) is 25.4. The van der Waals surface area contributed by atoms with Crippen molar-refractivity contribution in [3.05, 3.63) is 27.1 Å². The van der Waals surface area contributed by atoms with E-state index in [-0.39, 0.29) is 35.8 Å². The first-order valence-corrected chi connectivity index (χ1v) is 8.15. The molecule has 1 N–H and O–H groups in total. The van der Waals surface area contributed by atoms with E-state index in [0.717, 1.165) is 5.69 Å². The van der Waals surface area contributed by atoms with Crippen molar-refractivity contribution < 1.29 is 14.7 Å². The van der Waals surface area contributed by atoms with Crippen molar-refractivity contribution in [1.82, 2.24) is 14.7 Å². The van der Waals surface area contributed by atoms with E-state index in [2.05, 4.69) is 34.9 Å². The monoisotopic (exact) mass is 387 g/mol. The van der Waals surface area contributed by atoms with E-state index in [1.54, 1.807) is 0 Å². The van der Waals surface area contributed by atoms with E-state index in [1.165, 1.54) is 6.20 Å². The Morgan fingerprint density at radius 3 is 2.82 bits per heavy atom. The van der Waals surface area contributed by atoms with Crippen molar-refractivity contribution in [2.24, 2.45) is 5.92 Å². The Morgan fingerprint density at radius 2 is 2.23 bits per heavy atom. The molecule has 2 aliphatic heterocycles. The van der Waals surface area contributed by atoms with Crippen LogP contribution in [0.1, 0.15) is 32.0 Å². The standard InChI is InChI=1S/C14H15BrClN3O3/c1-6(2)9-5-19-12(11(16)13(15)17-19)8-3-10(20)7(14(21)22)4-18(8)9/h4,6,8-9H,3,5H2,1-2H3,(H,21,22)/t8?,9-/m0/s1. The lowest BCUT2D eigenvalue weighted by atomic mass is 9.89. The summed E-state index contributed by atoms with van der Waals surface area (Å²) in [6.07, 6.45) is 1.57. The summed E-state index contributed by atoms with van der Waals surface area (Å²) >= 11 is 9.64. The maximum Gasteiger partial charge on any atom is 0.340 e. The molecule has 0 radical (unpaired) electrons. The van der Waals surface area contributed by atoms with Crippen molar-refractivity contribution in [3.8, 4) is 0 Å². The van der Waals surface area contributed by atoms with Crippen molar-refractivity contribution in [2.75, 3.05) is 0 Å². The van der Waals surface area contributed by atoms with Crippen LogP contribution in [0.5, 0.6) is 0 Å². The molecule has 2 atom stereocenters. The fourth-order valence-electron chi connectivity index (χ4n) is 3.15. The minimum atomic E-state index is -1.18. The molecule has 0 bridgehead atoms. The minimum absolute atomic E-state index is 0.0582. The second kappa shape index (κ2) is 5.38. The predicted molar refractivity (Wildman–Crippen MR) is 83.5 cm³/mol. The first-order chi connectivity index (χ1) is 10.3.